The van der Waals surface area contributed by atoms with Crippen molar-refractivity contribution in [2.24, 2.45) is 0 Å². The van der Waals surface area contributed by atoms with Crippen molar-refractivity contribution < 1.29 is 14.6 Å². The van der Waals surface area contributed by atoms with Crippen molar-refractivity contribution in [3.63, 3.8) is 0 Å². The number of alkyl halides is 1. The van der Waals surface area contributed by atoms with E-state index < -0.39 is 12.1 Å². The van der Waals surface area contributed by atoms with Crippen LogP contribution >= 0.6 is 15.9 Å². The lowest BCUT2D eigenvalue weighted by Crippen LogP contribution is -2.37. The number of hydrogen-bond donors (Lipinski definition) is 1. The van der Waals surface area contributed by atoms with Gasteiger partial charge in [-0.15, -0.1) is 0 Å². The molecule has 0 saturated carbocycles. The maximum absolute atomic E-state index is 9.75. The minimum Gasteiger partial charge on any atom is -0.462 e. The minimum absolute atomic E-state index is 0.680. The SMILES string of the molecule is CC1(C)Oc2cc(CBr)ccc2C(O)O1. The highest BCUT2D eigenvalue weighted by atomic mass is 79.9. The molecule has 1 heterocycles. The van der Waals surface area contributed by atoms with Crippen LogP contribution in [0.5, 0.6) is 5.75 Å². The number of ether oxygens (including phenoxy) is 2. The number of halogens is 1. The van der Waals surface area contributed by atoms with E-state index >= 15 is 0 Å². The van der Waals surface area contributed by atoms with Gasteiger partial charge in [0.1, 0.15) is 5.75 Å². The smallest absolute Gasteiger partial charge is 0.207 e. The van der Waals surface area contributed by atoms with Gasteiger partial charge in [0.05, 0.1) is 0 Å². The minimum atomic E-state index is -0.909. The molecule has 1 N–H and O–H groups in total. The number of hydrogen-bond acceptors (Lipinski definition) is 3. The van der Waals surface area contributed by atoms with E-state index in [1.165, 1.54) is 0 Å². The summed E-state index contributed by atoms with van der Waals surface area (Å²) in [6.45, 7) is 3.56. The van der Waals surface area contributed by atoms with Crippen molar-refractivity contribution in [1.82, 2.24) is 0 Å². The van der Waals surface area contributed by atoms with Crippen molar-refractivity contribution in [2.75, 3.05) is 0 Å². The highest BCUT2D eigenvalue weighted by molar-refractivity contribution is 9.08. The van der Waals surface area contributed by atoms with E-state index in [0.29, 0.717) is 11.3 Å². The van der Waals surface area contributed by atoms with Gasteiger partial charge in [-0.3, -0.25) is 0 Å². The van der Waals surface area contributed by atoms with Crippen molar-refractivity contribution >= 4 is 15.9 Å². The van der Waals surface area contributed by atoms with Crippen LogP contribution in [0.25, 0.3) is 0 Å². The molecular weight excluding hydrogens is 260 g/mol. The number of aliphatic hydroxyl groups is 1. The number of aliphatic hydroxyl groups excluding tert-OH is 1. The fraction of sp³-hybridized carbons (Fsp3) is 0.455. The van der Waals surface area contributed by atoms with Crippen LogP contribution in [0.15, 0.2) is 18.2 Å². The zero-order valence-corrected chi connectivity index (χ0v) is 10.2. The topological polar surface area (TPSA) is 38.7 Å². The molecule has 4 heteroatoms. The Kier molecular flexibility index (Phi) is 2.75. The molecule has 3 nitrogen and oxygen atoms in total. The molecule has 0 amide bonds. The van der Waals surface area contributed by atoms with Crippen LogP contribution in [-0.4, -0.2) is 10.9 Å². The maximum atomic E-state index is 9.75. The van der Waals surface area contributed by atoms with Crippen LogP contribution in [0.3, 0.4) is 0 Å². The Morgan fingerprint density at radius 1 is 1.47 bits per heavy atom. The predicted molar refractivity (Wildman–Crippen MR) is 59.8 cm³/mol. The van der Waals surface area contributed by atoms with E-state index in [2.05, 4.69) is 15.9 Å². The first kappa shape index (κ1) is 10.9. The highest BCUT2D eigenvalue weighted by Gasteiger charge is 2.33. The van der Waals surface area contributed by atoms with Crippen LogP contribution in [-0.2, 0) is 10.1 Å². The lowest BCUT2D eigenvalue weighted by molar-refractivity contribution is -0.267. The molecule has 2 rings (SSSR count). The summed E-state index contributed by atoms with van der Waals surface area (Å²) in [4.78, 5) is 0. The van der Waals surface area contributed by atoms with Gasteiger partial charge in [-0.2, -0.15) is 0 Å². The summed E-state index contributed by atoms with van der Waals surface area (Å²) in [6.07, 6.45) is -0.909. The highest BCUT2D eigenvalue weighted by Crippen LogP contribution is 2.37. The fourth-order valence-corrected chi connectivity index (χ4v) is 1.92. The third-order valence-corrected chi connectivity index (χ3v) is 2.90. The fourth-order valence-electron chi connectivity index (χ4n) is 1.58. The van der Waals surface area contributed by atoms with Crippen LogP contribution < -0.4 is 4.74 Å². The first-order chi connectivity index (χ1) is 7.02. The second-order valence-electron chi connectivity index (χ2n) is 3.98. The Hall–Kier alpha value is -0.580. The van der Waals surface area contributed by atoms with Gasteiger partial charge >= 0.3 is 0 Å². The zero-order chi connectivity index (χ0) is 11.1. The summed E-state index contributed by atoms with van der Waals surface area (Å²) in [5.41, 5.74) is 1.79. The molecular formula is C11H13BrO3. The van der Waals surface area contributed by atoms with Crippen molar-refractivity contribution in [3.8, 4) is 5.75 Å². The van der Waals surface area contributed by atoms with Gasteiger partial charge in [0.15, 0.2) is 6.29 Å². The third-order valence-electron chi connectivity index (χ3n) is 2.25. The quantitative estimate of drug-likeness (QED) is 0.799. The second kappa shape index (κ2) is 3.77. The summed E-state index contributed by atoms with van der Waals surface area (Å²) in [5.74, 6) is -0.0899. The molecule has 15 heavy (non-hydrogen) atoms. The molecule has 1 aromatic carbocycles. The standard InChI is InChI=1S/C11H13BrO3/c1-11(2)14-9-5-7(6-12)3-4-8(9)10(13)15-11/h3-5,10,13H,6H2,1-2H3. The third kappa shape index (κ3) is 2.17. The number of fused-ring (bicyclic) bond motifs is 1. The molecule has 1 aromatic rings. The van der Waals surface area contributed by atoms with Gasteiger partial charge in [-0.1, -0.05) is 22.0 Å². The van der Waals surface area contributed by atoms with Crippen molar-refractivity contribution in [2.45, 2.75) is 31.3 Å². The molecule has 82 valence electrons. The largest absolute Gasteiger partial charge is 0.462 e. The number of benzene rings is 1. The van der Waals surface area contributed by atoms with E-state index in [-0.39, 0.29) is 0 Å². The molecule has 1 atom stereocenters. The van der Waals surface area contributed by atoms with Crippen LogP contribution in [0.2, 0.25) is 0 Å². The molecule has 0 radical (unpaired) electrons. The molecule has 0 fully saturated rings. The lowest BCUT2D eigenvalue weighted by atomic mass is 10.1. The van der Waals surface area contributed by atoms with E-state index in [0.717, 1.165) is 10.9 Å². The average Bonchev–Trinajstić information content (AvgIpc) is 2.14. The monoisotopic (exact) mass is 272 g/mol. The van der Waals surface area contributed by atoms with Gasteiger partial charge in [0.2, 0.25) is 5.79 Å². The Labute approximate surface area is 97.1 Å². The molecule has 0 saturated heterocycles. The van der Waals surface area contributed by atoms with Crippen LogP contribution in [0.1, 0.15) is 31.3 Å². The number of rotatable bonds is 1. The van der Waals surface area contributed by atoms with Gasteiger partial charge in [0, 0.05) is 24.7 Å². The second-order valence-corrected chi connectivity index (χ2v) is 4.54. The normalized spacial score (nSPS) is 23.1. The Bertz CT molecular complexity index is 376. The Balaban J connectivity index is 2.42. The van der Waals surface area contributed by atoms with E-state index in [1.807, 2.05) is 18.2 Å². The van der Waals surface area contributed by atoms with E-state index in [9.17, 15) is 5.11 Å². The average molecular weight is 273 g/mol. The summed E-state index contributed by atoms with van der Waals surface area (Å²) >= 11 is 3.38. The maximum Gasteiger partial charge on any atom is 0.207 e. The molecule has 1 aliphatic rings. The zero-order valence-electron chi connectivity index (χ0n) is 8.66. The molecule has 0 aliphatic carbocycles. The van der Waals surface area contributed by atoms with Gasteiger partial charge in [-0.25, -0.2) is 0 Å². The van der Waals surface area contributed by atoms with Gasteiger partial charge in [0.25, 0.3) is 0 Å². The summed E-state index contributed by atoms with van der Waals surface area (Å²) < 4.78 is 10.9. The van der Waals surface area contributed by atoms with Gasteiger partial charge < -0.3 is 14.6 Å². The van der Waals surface area contributed by atoms with Crippen LogP contribution in [0.4, 0.5) is 0 Å². The van der Waals surface area contributed by atoms with Gasteiger partial charge in [-0.05, 0) is 17.7 Å². The van der Waals surface area contributed by atoms with Crippen molar-refractivity contribution in [1.29, 1.82) is 0 Å². The molecule has 0 aromatic heterocycles. The van der Waals surface area contributed by atoms with Crippen molar-refractivity contribution in [3.05, 3.63) is 29.3 Å². The Morgan fingerprint density at radius 2 is 2.20 bits per heavy atom. The van der Waals surface area contributed by atoms with E-state index in [4.69, 9.17) is 9.47 Å². The first-order valence-electron chi connectivity index (χ1n) is 4.75. The predicted octanol–water partition coefficient (Wildman–Crippen LogP) is 2.72. The summed E-state index contributed by atoms with van der Waals surface area (Å²) in [7, 11) is 0. The summed E-state index contributed by atoms with van der Waals surface area (Å²) in [6, 6.07) is 5.67. The Morgan fingerprint density at radius 3 is 2.87 bits per heavy atom. The molecule has 0 spiro atoms. The molecule has 1 unspecified atom stereocenters. The van der Waals surface area contributed by atoms with Crippen LogP contribution in [0, 0.1) is 0 Å². The van der Waals surface area contributed by atoms with E-state index in [1.54, 1.807) is 13.8 Å². The molecule has 0 bridgehead atoms. The lowest BCUT2D eigenvalue weighted by Gasteiger charge is -2.35. The first-order valence-corrected chi connectivity index (χ1v) is 5.88. The molecule has 1 aliphatic heterocycles. The summed E-state index contributed by atoms with van der Waals surface area (Å²) in [5, 5.41) is 10.5.